The van der Waals surface area contributed by atoms with E-state index in [0.29, 0.717) is 10.6 Å². The lowest BCUT2D eigenvalue weighted by atomic mass is 10.1. The van der Waals surface area contributed by atoms with Crippen molar-refractivity contribution in [3.8, 4) is 6.07 Å². The third-order valence-corrected chi connectivity index (χ3v) is 3.30. The molecule has 0 bridgehead atoms. The minimum absolute atomic E-state index is 0.0247. The van der Waals surface area contributed by atoms with Crippen LogP contribution in [0.2, 0.25) is 5.02 Å². The van der Waals surface area contributed by atoms with Crippen molar-refractivity contribution in [3.63, 3.8) is 0 Å². The van der Waals surface area contributed by atoms with E-state index in [0.717, 1.165) is 22.7 Å². The van der Waals surface area contributed by atoms with Crippen molar-refractivity contribution >= 4 is 17.3 Å². The van der Waals surface area contributed by atoms with Crippen LogP contribution < -0.4 is 5.32 Å². The molecular weight excluding hydrogens is 262 g/mol. The van der Waals surface area contributed by atoms with E-state index in [-0.39, 0.29) is 6.04 Å². The first-order valence-electron chi connectivity index (χ1n) is 5.92. The molecule has 0 spiro atoms. The van der Waals surface area contributed by atoms with Crippen molar-refractivity contribution < 1.29 is 4.52 Å². The summed E-state index contributed by atoms with van der Waals surface area (Å²) in [5.74, 6) is 0.794. The number of nitriles is 1. The molecule has 4 nitrogen and oxygen atoms in total. The van der Waals surface area contributed by atoms with E-state index in [9.17, 15) is 0 Å². The summed E-state index contributed by atoms with van der Waals surface area (Å²) in [5.41, 5.74) is 3.22. The van der Waals surface area contributed by atoms with Crippen molar-refractivity contribution in [1.82, 2.24) is 5.16 Å². The summed E-state index contributed by atoms with van der Waals surface area (Å²) >= 11 is 6.14. The Balaban J connectivity index is 2.25. The van der Waals surface area contributed by atoms with Gasteiger partial charge in [0.2, 0.25) is 0 Å². The first kappa shape index (κ1) is 13.4. The first-order chi connectivity index (χ1) is 9.02. The quantitative estimate of drug-likeness (QED) is 0.920. The maximum Gasteiger partial charge on any atom is 0.139 e. The molecule has 0 saturated carbocycles. The van der Waals surface area contributed by atoms with Gasteiger partial charge >= 0.3 is 0 Å². The summed E-state index contributed by atoms with van der Waals surface area (Å²) in [6, 6.07) is 7.26. The van der Waals surface area contributed by atoms with Gasteiger partial charge in [-0.25, -0.2) is 0 Å². The molecule has 0 aliphatic carbocycles. The van der Waals surface area contributed by atoms with Gasteiger partial charge in [0.05, 0.1) is 34.1 Å². The molecule has 1 unspecified atom stereocenters. The predicted molar refractivity (Wildman–Crippen MR) is 74.2 cm³/mol. The van der Waals surface area contributed by atoms with E-state index in [2.05, 4.69) is 16.5 Å². The monoisotopic (exact) mass is 275 g/mol. The number of nitrogens with zero attached hydrogens (tertiary/aromatic N) is 2. The summed E-state index contributed by atoms with van der Waals surface area (Å²) in [5, 5.41) is 16.6. The Morgan fingerprint density at radius 3 is 2.68 bits per heavy atom. The van der Waals surface area contributed by atoms with E-state index >= 15 is 0 Å². The number of halogens is 1. The molecule has 2 aromatic rings. The molecule has 0 fully saturated rings. The number of aryl methyl sites for hydroxylation is 2. The standard InChI is InChI=1S/C14H14ClN3O/c1-8(14-9(2)18-19-10(14)3)17-13-5-4-11(7-16)6-12(13)15/h4-6,8,17H,1-3H3. The second-order valence-electron chi connectivity index (χ2n) is 4.41. The fraction of sp³-hybridized carbons (Fsp3) is 0.286. The lowest BCUT2D eigenvalue weighted by Gasteiger charge is -2.16. The predicted octanol–water partition coefficient (Wildman–Crippen LogP) is 3.99. The van der Waals surface area contributed by atoms with Gasteiger partial charge in [0.1, 0.15) is 5.76 Å². The Kier molecular flexibility index (Phi) is 3.77. The molecule has 5 heteroatoms. The third-order valence-electron chi connectivity index (χ3n) is 2.99. The average molecular weight is 276 g/mol. The third kappa shape index (κ3) is 2.72. The Morgan fingerprint density at radius 1 is 1.42 bits per heavy atom. The number of rotatable bonds is 3. The van der Waals surface area contributed by atoms with Crippen LogP contribution in [0.1, 0.15) is 35.5 Å². The van der Waals surface area contributed by atoms with Crippen LogP contribution in [-0.4, -0.2) is 5.16 Å². The second kappa shape index (κ2) is 5.33. The highest BCUT2D eigenvalue weighted by Gasteiger charge is 2.17. The summed E-state index contributed by atoms with van der Waals surface area (Å²) in [4.78, 5) is 0. The van der Waals surface area contributed by atoms with Crippen LogP contribution in [0.4, 0.5) is 5.69 Å². The van der Waals surface area contributed by atoms with Crippen molar-refractivity contribution in [1.29, 1.82) is 5.26 Å². The van der Waals surface area contributed by atoms with Crippen LogP contribution in [0, 0.1) is 25.2 Å². The smallest absolute Gasteiger partial charge is 0.139 e. The summed E-state index contributed by atoms with van der Waals surface area (Å²) in [7, 11) is 0. The van der Waals surface area contributed by atoms with Gasteiger partial charge in [-0.3, -0.25) is 0 Å². The zero-order valence-electron chi connectivity index (χ0n) is 11.0. The molecule has 0 aliphatic rings. The van der Waals surface area contributed by atoms with Crippen LogP contribution in [0.5, 0.6) is 0 Å². The highest BCUT2D eigenvalue weighted by Crippen LogP contribution is 2.29. The van der Waals surface area contributed by atoms with Crippen molar-refractivity contribution in [2.24, 2.45) is 0 Å². The number of nitrogens with one attached hydrogen (secondary N) is 1. The van der Waals surface area contributed by atoms with Gasteiger partial charge in [0, 0.05) is 5.56 Å². The molecule has 2 rings (SSSR count). The van der Waals surface area contributed by atoms with E-state index in [4.69, 9.17) is 21.4 Å². The summed E-state index contributed by atoms with van der Waals surface area (Å²) in [6.45, 7) is 5.80. The molecule has 98 valence electrons. The number of anilines is 1. The summed E-state index contributed by atoms with van der Waals surface area (Å²) < 4.78 is 5.15. The second-order valence-corrected chi connectivity index (χ2v) is 4.82. The Labute approximate surface area is 117 Å². The van der Waals surface area contributed by atoms with E-state index in [1.54, 1.807) is 18.2 Å². The van der Waals surface area contributed by atoms with Gasteiger partial charge in [0.25, 0.3) is 0 Å². The van der Waals surface area contributed by atoms with Gasteiger partial charge < -0.3 is 9.84 Å². The van der Waals surface area contributed by atoms with Crippen LogP contribution >= 0.6 is 11.6 Å². The van der Waals surface area contributed by atoms with Gasteiger partial charge in [-0.15, -0.1) is 0 Å². The lowest BCUT2D eigenvalue weighted by Crippen LogP contribution is -2.08. The molecule has 1 atom stereocenters. The van der Waals surface area contributed by atoms with Crippen molar-refractivity contribution in [3.05, 3.63) is 45.8 Å². The molecular formula is C14H14ClN3O. The fourth-order valence-electron chi connectivity index (χ4n) is 2.12. The number of hydrogen-bond donors (Lipinski definition) is 1. The van der Waals surface area contributed by atoms with E-state index < -0.39 is 0 Å². The molecule has 0 radical (unpaired) electrons. The number of hydrogen-bond acceptors (Lipinski definition) is 4. The molecule has 1 aromatic heterocycles. The Hall–Kier alpha value is -1.99. The van der Waals surface area contributed by atoms with Gasteiger partial charge in [-0.05, 0) is 39.0 Å². The van der Waals surface area contributed by atoms with Crippen LogP contribution in [0.15, 0.2) is 22.7 Å². The molecule has 1 aromatic carbocycles. The molecule has 19 heavy (non-hydrogen) atoms. The zero-order valence-corrected chi connectivity index (χ0v) is 11.7. The fourth-order valence-corrected chi connectivity index (χ4v) is 2.35. The maximum absolute atomic E-state index is 8.81. The topological polar surface area (TPSA) is 61.9 Å². The normalized spacial score (nSPS) is 11.9. The minimum atomic E-state index is 0.0247. The highest BCUT2D eigenvalue weighted by atomic mass is 35.5. The van der Waals surface area contributed by atoms with E-state index in [1.807, 2.05) is 20.8 Å². The van der Waals surface area contributed by atoms with Crippen molar-refractivity contribution in [2.75, 3.05) is 5.32 Å². The van der Waals surface area contributed by atoms with Crippen molar-refractivity contribution in [2.45, 2.75) is 26.8 Å². The van der Waals surface area contributed by atoms with Crippen LogP contribution in [0.3, 0.4) is 0 Å². The molecule has 0 amide bonds. The maximum atomic E-state index is 8.81. The van der Waals surface area contributed by atoms with Gasteiger partial charge in [0.15, 0.2) is 0 Å². The number of benzene rings is 1. The SMILES string of the molecule is Cc1noc(C)c1C(C)Nc1ccc(C#N)cc1Cl. The highest BCUT2D eigenvalue weighted by molar-refractivity contribution is 6.33. The molecule has 0 saturated heterocycles. The van der Waals surface area contributed by atoms with Crippen LogP contribution in [-0.2, 0) is 0 Å². The Bertz CT molecular complexity index is 623. The molecule has 1 N–H and O–H groups in total. The number of aromatic nitrogens is 1. The lowest BCUT2D eigenvalue weighted by molar-refractivity contribution is 0.392. The van der Waals surface area contributed by atoms with E-state index in [1.165, 1.54) is 0 Å². The average Bonchev–Trinajstić information content (AvgIpc) is 2.71. The first-order valence-corrected chi connectivity index (χ1v) is 6.29. The minimum Gasteiger partial charge on any atom is -0.377 e. The largest absolute Gasteiger partial charge is 0.377 e. The van der Waals surface area contributed by atoms with Gasteiger partial charge in [-0.1, -0.05) is 16.8 Å². The Morgan fingerprint density at radius 2 is 2.16 bits per heavy atom. The van der Waals surface area contributed by atoms with Gasteiger partial charge in [-0.2, -0.15) is 5.26 Å². The van der Waals surface area contributed by atoms with Crippen LogP contribution in [0.25, 0.3) is 0 Å². The molecule has 1 heterocycles. The zero-order chi connectivity index (χ0) is 14.0. The molecule has 0 aliphatic heterocycles. The summed E-state index contributed by atoms with van der Waals surface area (Å²) in [6.07, 6.45) is 0.